The number of halogens is 1. The lowest BCUT2D eigenvalue weighted by Crippen LogP contribution is -2.30. The fourth-order valence-electron chi connectivity index (χ4n) is 3.31. The minimum absolute atomic E-state index is 0.0162. The molecule has 3 rings (SSSR count). The zero-order valence-electron chi connectivity index (χ0n) is 13.8. The second-order valence-corrected chi connectivity index (χ2v) is 6.30. The minimum atomic E-state index is -0.957. The van der Waals surface area contributed by atoms with Gasteiger partial charge in [-0.2, -0.15) is 0 Å². The molecule has 1 aliphatic rings. The fraction of sp³-hybridized carbons (Fsp3) is 0.300. The summed E-state index contributed by atoms with van der Waals surface area (Å²) in [6.45, 7) is 0.721. The van der Waals surface area contributed by atoms with Gasteiger partial charge >= 0.3 is 5.97 Å². The summed E-state index contributed by atoms with van der Waals surface area (Å²) in [6, 6.07) is 13.0. The number of aryl methyl sites for hydroxylation is 1. The molecule has 0 bridgehead atoms. The Bertz CT molecular complexity index is 756. The minimum Gasteiger partial charge on any atom is -0.478 e. The number of carboxylic acid groups (broad SMARTS) is 1. The van der Waals surface area contributed by atoms with Crippen molar-refractivity contribution in [2.45, 2.75) is 31.7 Å². The van der Waals surface area contributed by atoms with Crippen molar-refractivity contribution in [1.29, 1.82) is 0 Å². The van der Waals surface area contributed by atoms with E-state index in [-0.39, 0.29) is 23.3 Å². The van der Waals surface area contributed by atoms with Gasteiger partial charge in [-0.1, -0.05) is 24.3 Å². The van der Waals surface area contributed by atoms with Crippen LogP contribution in [-0.2, 0) is 11.2 Å². The number of carbonyl (C=O) groups excluding carboxylic acids is 1. The van der Waals surface area contributed by atoms with Crippen LogP contribution in [0.1, 0.15) is 46.8 Å². The first-order valence-corrected chi connectivity index (χ1v) is 8.42. The highest BCUT2D eigenvalue weighted by molar-refractivity contribution is 5.87. The third-order valence-corrected chi connectivity index (χ3v) is 4.66. The molecule has 1 saturated heterocycles. The summed E-state index contributed by atoms with van der Waals surface area (Å²) in [5, 5.41) is 8.91. The van der Waals surface area contributed by atoms with Crippen LogP contribution in [0.2, 0.25) is 0 Å². The maximum atomic E-state index is 13.1. The van der Waals surface area contributed by atoms with Crippen LogP contribution in [0.3, 0.4) is 0 Å². The van der Waals surface area contributed by atoms with Crippen molar-refractivity contribution in [3.05, 3.63) is 71.0 Å². The zero-order valence-corrected chi connectivity index (χ0v) is 13.8. The normalized spacial score (nSPS) is 16.8. The number of nitrogens with zero attached hydrogens (tertiary/aromatic N) is 1. The van der Waals surface area contributed by atoms with Gasteiger partial charge in [0, 0.05) is 13.0 Å². The Labute approximate surface area is 145 Å². The SMILES string of the molecule is O=C(O)c1ccc(CCC(=O)N2CCCC2c2ccc(F)cc2)cc1. The van der Waals surface area contributed by atoms with Crippen LogP contribution in [0.5, 0.6) is 0 Å². The molecule has 0 aromatic heterocycles. The molecular weight excluding hydrogens is 321 g/mol. The maximum Gasteiger partial charge on any atom is 0.335 e. The van der Waals surface area contributed by atoms with E-state index >= 15 is 0 Å². The van der Waals surface area contributed by atoms with E-state index in [1.807, 2.05) is 4.90 Å². The first kappa shape index (κ1) is 17.1. The van der Waals surface area contributed by atoms with Gasteiger partial charge in [-0.05, 0) is 54.7 Å². The third-order valence-electron chi connectivity index (χ3n) is 4.66. The molecule has 0 saturated carbocycles. The first-order chi connectivity index (χ1) is 12.0. The van der Waals surface area contributed by atoms with Crippen molar-refractivity contribution in [3.63, 3.8) is 0 Å². The Morgan fingerprint density at radius 2 is 1.76 bits per heavy atom. The average Bonchev–Trinajstić information content (AvgIpc) is 3.10. The number of amides is 1. The van der Waals surface area contributed by atoms with Gasteiger partial charge in [0.2, 0.25) is 5.91 Å². The van der Waals surface area contributed by atoms with E-state index in [9.17, 15) is 14.0 Å². The first-order valence-electron chi connectivity index (χ1n) is 8.42. The summed E-state index contributed by atoms with van der Waals surface area (Å²) < 4.78 is 13.1. The van der Waals surface area contributed by atoms with E-state index in [0.717, 1.165) is 30.5 Å². The number of hydrogen-bond acceptors (Lipinski definition) is 2. The molecule has 1 unspecified atom stereocenters. The number of carbonyl (C=O) groups is 2. The molecule has 0 radical (unpaired) electrons. The van der Waals surface area contributed by atoms with E-state index in [2.05, 4.69) is 0 Å². The van der Waals surface area contributed by atoms with Crippen LogP contribution in [0.4, 0.5) is 4.39 Å². The smallest absolute Gasteiger partial charge is 0.335 e. The van der Waals surface area contributed by atoms with Gasteiger partial charge in [-0.3, -0.25) is 4.79 Å². The van der Waals surface area contributed by atoms with Gasteiger partial charge in [0.1, 0.15) is 5.82 Å². The van der Waals surface area contributed by atoms with Gasteiger partial charge < -0.3 is 10.0 Å². The predicted molar refractivity (Wildman–Crippen MR) is 91.8 cm³/mol. The molecule has 5 heteroatoms. The lowest BCUT2D eigenvalue weighted by molar-refractivity contribution is -0.132. The average molecular weight is 341 g/mol. The number of likely N-dealkylation sites (tertiary alicyclic amines) is 1. The van der Waals surface area contributed by atoms with Gasteiger partial charge in [-0.15, -0.1) is 0 Å². The van der Waals surface area contributed by atoms with Crippen molar-refractivity contribution < 1.29 is 19.1 Å². The van der Waals surface area contributed by atoms with Crippen LogP contribution >= 0.6 is 0 Å². The van der Waals surface area contributed by atoms with Crippen molar-refractivity contribution in [2.75, 3.05) is 6.54 Å². The van der Waals surface area contributed by atoms with Crippen molar-refractivity contribution in [2.24, 2.45) is 0 Å². The second kappa shape index (κ2) is 7.47. The Morgan fingerprint density at radius 1 is 1.08 bits per heavy atom. The second-order valence-electron chi connectivity index (χ2n) is 6.30. The number of rotatable bonds is 5. The van der Waals surface area contributed by atoms with Gasteiger partial charge in [-0.25, -0.2) is 9.18 Å². The molecule has 1 atom stereocenters. The summed E-state index contributed by atoms with van der Waals surface area (Å²) in [6.07, 6.45) is 2.79. The fourth-order valence-corrected chi connectivity index (χ4v) is 3.31. The van der Waals surface area contributed by atoms with Crippen LogP contribution in [-0.4, -0.2) is 28.4 Å². The van der Waals surface area contributed by atoms with Crippen LogP contribution in [0.15, 0.2) is 48.5 Å². The van der Waals surface area contributed by atoms with E-state index in [1.54, 1.807) is 36.4 Å². The molecule has 1 N–H and O–H groups in total. The molecule has 1 amide bonds. The van der Waals surface area contributed by atoms with E-state index in [4.69, 9.17) is 5.11 Å². The Morgan fingerprint density at radius 3 is 2.40 bits per heavy atom. The van der Waals surface area contributed by atoms with Crippen molar-refractivity contribution in [3.8, 4) is 0 Å². The van der Waals surface area contributed by atoms with Crippen molar-refractivity contribution >= 4 is 11.9 Å². The predicted octanol–water partition coefficient (Wildman–Crippen LogP) is 3.82. The Balaban J connectivity index is 1.62. The molecular formula is C20H20FNO3. The van der Waals surface area contributed by atoms with E-state index in [1.165, 1.54) is 12.1 Å². The number of benzene rings is 2. The monoisotopic (exact) mass is 341 g/mol. The Hall–Kier alpha value is -2.69. The molecule has 2 aromatic rings. The summed E-state index contributed by atoms with van der Waals surface area (Å²) in [5.41, 5.74) is 2.15. The largest absolute Gasteiger partial charge is 0.478 e. The van der Waals surface area contributed by atoms with Crippen LogP contribution in [0.25, 0.3) is 0 Å². The third kappa shape index (κ3) is 4.05. The molecule has 4 nitrogen and oxygen atoms in total. The summed E-state index contributed by atoms with van der Waals surface area (Å²) in [7, 11) is 0. The molecule has 1 aliphatic heterocycles. The highest BCUT2D eigenvalue weighted by atomic mass is 19.1. The van der Waals surface area contributed by atoms with Gasteiger partial charge in [0.15, 0.2) is 0 Å². The highest BCUT2D eigenvalue weighted by Gasteiger charge is 2.29. The summed E-state index contributed by atoms with van der Waals surface area (Å²) >= 11 is 0. The maximum absolute atomic E-state index is 13.1. The number of hydrogen-bond donors (Lipinski definition) is 1. The summed E-state index contributed by atoms with van der Waals surface area (Å²) in [4.78, 5) is 25.3. The molecule has 0 spiro atoms. The standard InChI is InChI=1S/C20H20FNO3/c21-17-10-8-15(9-11-17)18-2-1-13-22(18)19(23)12-5-14-3-6-16(7-4-14)20(24)25/h3-4,6-11,18H,1-2,5,12-13H2,(H,24,25). The summed E-state index contributed by atoms with van der Waals surface area (Å²) in [5.74, 6) is -1.15. The van der Waals surface area contributed by atoms with Gasteiger partial charge in [0.25, 0.3) is 0 Å². The van der Waals surface area contributed by atoms with Crippen LogP contribution in [0, 0.1) is 5.82 Å². The molecule has 1 heterocycles. The zero-order chi connectivity index (χ0) is 17.8. The number of carboxylic acids is 1. The molecule has 25 heavy (non-hydrogen) atoms. The molecule has 130 valence electrons. The van der Waals surface area contributed by atoms with E-state index < -0.39 is 5.97 Å². The van der Waals surface area contributed by atoms with Crippen LogP contribution < -0.4 is 0 Å². The number of aromatic carboxylic acids is 1. The lowest BCUT2D eigenvalue weighted by atomic mass is 10.0. The molecule has 0 aliphatic carbocycles. The van der Waals surface area contributed by atoms with Crippen molar-refractivity contribution in [1.82, 2.24) is 4.90 Å². The quantitative estimate of drug-likeness (QED) is 0.899. The lowest BCUT2D eigenvalue weighted by Gasteiger charge is -2.25. The topological polar surface area (TPSA) is 57.6 Å². The Kier molecular flexibility index (Phi) is 5.12. The highest BCUT2D eigenvalue weighted by Crippen LogP contribution is 2.32. The van der Waals surface area contributed by atoms with E-state index in [0.29, 0.717) is 12.8 Å². The van der Waals surface area contributed by atoms with Gasteiger partial charge in [0.05, 0.1) is 11.6 Å². The molecule has 2 aromatic carbocycles. The molecule has 1 fully saturated rings.